The monoisotopic (exact) mass is 213 g/mol. The average molecular weight is 213 g/mol. The van der Waals surface area contributed by atoms with Crippen molar-refractivity contribution in [2.24, 2.45) is 0 Å². The molecule has 3 nitrogen and oxygen atoms in total. The molecule has 15 heavy (non-hydrogen) atoms. The predicted molar refractivity (Wildman–Crippen MR) is 59.9 cm³/mol. The van der Waals surface area contributed by atoms with E-state index in [-0.39, 0.29) is 11.6 Å². The van der Waals surface area contributed by atoms with Gasteiger partial charge in [0.1, 0.15) is 0 Å². The first kappa shape index (κ1) is 11.4. The quantitative estimate of drug-likeness (QED) is 0.714. The van der Waals surface area contributed by atoms with Crippen molar-refractivity contribution in [2.75, 3.05) is 19.8 Å². The summed E-state index contributed by atoms with van der Waals surface area (Å²) in [5.41, 5.74) is 0.0846. The van der Waals surface area contributed by atoms with E-state index in [4.69, 9.17) is 4.74 Å². The van der Waals surface area contributed by atoms with E-state index in [1.807, 2.05) is 0 Å². The first-order valence-corrected chi connectivity index (χ1v) is 6.14. The van der Waals surface area contributed by atoms with Gasteiger partial charge in [-0.15, -0.1) is 0 Å². The van der Waals surface area contributed by atoms with Gasteiger partial charge in [0.15, 0.2) is 0 Å². The molecule has 0 bridgehead atoms. The van der Waals surface area contributed by atoms with Gasteiger partial charge in [0, 0.05) is 18.1 Å². The number of rotatable bonds is 1. The molecule has 3 heteroatoms. The summed E-state index contributed by atoms with van der Waals surface area (Å²) < 4.78 is 5.52. The normalized spacial score (nSPS) is 37.8. The van der Waals surface area contributed by atoms with Crippen molar-refractivity contribution in [1.82, 2.24) is 4.90 Å². The summed E-state index contributed by atoms with van der Waals surface area (Å²) in [7, 11) is 0. The van der Waals surface area contributed by atoms with E-state index in [1.165, 1.54) is 12.8 Å². The highest BCUT2D eigenvalue weighted by atomic mass is 16.5. The average Bonchev–Trinajstić information content (AvgIpc) is 2.19. The molecule has 2 fully saturated rings. The van der Waals surface area contributed by atoms with Gasteiger partial charge in [-0.05, 0) is 26.7 Å². The first-order valence-electron chi connectivity index (χ1n) is 6.14. The van der Waals surface area contributed by atoms with Gasteiger partial charge in [0.25, 0.3) is 0 Å². The van der Waals surface area contributed by atoms with E-state index >= 15 is 0 Å². The lowest BCUT2D eigenvalue weighted by Gasteiger charge is -2.49. The second-order valence-electron chi connectivity index (χ2n) is 5.48. The van der Waals surface area contributed by atoms with Gasteiger partial charge in [-0.2, -0.15) is 0 Å². The van der Waals surface area contributed by atoms with E-state index < -0.39 is 0 Å². The third-order valence-corrected chi connectivity index (χ3v) is 3.80. The Morgan fingerprint density at radius 3 is 2.67 bits per heavy atom. The zero-order chi connectivity index (χ0) is 10.9. The molecule has 2 atom stereocenters. The lowest BCUT2D eigenvalue weighted by molar-refractivity contribution is -0.105. The minimum absolute atomic E-state index is 0.0846. The SMILES string of the molecule is CC1(C)COCCN1[C@H]1CCCC[C@@H]1O. The molecule has 0 aromatic heterocycles. The standard InChI is InChI=1S/C12H23NO2/c1-12(2)9-15-8-7-13(12)10-5-3-4-6-11(10)14/h10-11,14H,3-9H2,1-2H3/t10-,11-/m0/s1. The second kappa shape index (κ2) is 4.40. The molecule has 0 amide bonds. The van der Waals surface area contributed by atoms with Crippen molar-refractivity contribution in [3.63, 3.8) is 0 Å². The van der Waals surface area contributed by atoms with Gasteiger partial charge in [0.2, 0.25) is 0 Å². The van der Waals surface area contributed by atoms with Gasteiger partial charge in [-0.3, -0.25) is 4.90 Å². The molecule has 0 radical (unpaired) electrons. The van der Waals surface area contributed by atoms with Crippen molar-refractivity contribution in [3.05, 3.63) is 0 Å². The molecular weight excluding hydrogens is 190 g/mol. The molecule has 1 saturated carbocycles. The van der Waals surface area contributed by atoms with Crippen LogP contribution in [0.2, 0.25) is 0 Å². The fourth-order valence-electron chi connectivity index (χ4n) is 2.94. The molecule has 0 spiro atoms. The largest absolute Gasteiger partial charge is 0.391 e. The smallest absolute Gasteiger partial charge is 0.0695 e. The fourth-order valence-corrected chi connectivity index (χ4v) is 2.94. The highest BCUT2D eigenvalue weighted by molar-refractivity contribution is 4.93. The molecule has 1 heterocycles. The van der Waals surface area contributed by atoms with Crippen LogP contribution >= 0.6 is 0 Å². The Balaban J connectivity index is 2.06. The summed E-state index contributed by atoms with van der Waals surface area (Å²) >= 11 is 0. The van der Waals surface area contributed by atoms with Gasteiger partial charge < -0.3 is 9.84 Å². The Bertz CT molecular complexity index is 218. The van der Waals surface area contributed by atoms with Crippen LogP contribution in [0.5, 0.6) is 0 Å². The summed E-state index contributed by atoms with van der Waals surface area (Å²) in [6.45, 7) is 7.00. The molecule has 1 aliphatic carbocycles. The van der Waals surface area contributed by atoms with Crippen LogP contribution in [-0.2, 0) is 4.74 Å². The van der Waals surface area contributed by atoms with Crippen molar-refractivity contribution in [3.8, 4) is 0 Å². The number of morpholine rings is 1. The van der Waals surface area contributed by atoms with Crippen molar-refractivity contribution >= 4 is 0 Å². The Hall–Kier alpha value is -0.120. The molecule has 1 saturated heterocycles. The molecule has 1 N–H and O–H groups in total. The maximum atomic E-state index is 10.1. The summed E-state index contributed by atoms with van der Waals surface area (Å²) in [6, 6.07) is 0.359. The van der Waals surface area contributed by atoms with Crippen LogP contribution < -0.4 is 0 Å². The molecule has 2 aliphatic rings. The topological polar surface area (TPSA) is 32.7 Å². The predicted octanol–water partition coefficient (Wildman–Crippen LogP) is 1.40. The zero-order valence-corrected chi connectivity index (χ0v) is 9.91. The lowest BCUT2D eigenvalue weighted by atomic mass is 9.87. The van der Waals surface area contributed by atoms with Gasteiger partial charge in [0.05, 0.1) is 19.3 Å². The van der Waals surface area contributed by atoms with Crippen LogP contribution in [-0.4, -0.2) is 47.4 Å². The molecular formula is C12H23NO2. The van der Waals surface area contributed by atoms with Crippen LogP contribution in [0.15, 0.2) is 0 Å². The van der Waals surface area contributed by atoms with Crippen LogP contribution in [0, 0.1) is 0 Å². The minimum Gasteiger partial charge on any atom is -0.391 e. The van der Waals surface area contributed by atoms with E-state index in [0.717, 1.165) is 32.6 Å². The number of ether oxygens (including phenoxy) is 1. The van der Waals surface area contributed by atoms with Crippen LogP contribution in [0.1, 0.15) is 39.5 Å². The van der Waals surface area contributed by atoms with Gasteiger partial charge in [-0.1, -0.05) is 12.8 Å². The van der Waals surface area contributed by atoms with Gasteiger partial charge in [-0.25, -0.2) is 0 Å². The molecule has 0 aromatic carbocycles. The Morgan fingerprint density at radius 2 is 2.00 bits per heavy atom. The van der Waals surface area contributed by atoms with Crippen molar-refractivity contribution < 1.29 is 9.84 Å². The summed E-state index contributed by atoms with van der Waals surface area (Å²) in [4.78, 5) is 2.46. The molecule has 0 unspecified atom stereocenters. The lowest BCUT2D eigenvalue weighted by Crippen LogP contribution is -2.60. The summed E-state index contributed by atoms with van der Waals surface area (Å²) in [6.07, 6.45) is 4.43. The number of aliphatic hydroxyl groups excluding tert-OH is 1. The van der Waals surface area contributed by atoms with Crippen molar-refractivity contribution in [1.29, 1.82) is 0 Å². The highest BCUT2D eigenvalue weighted by Gasteiger charge is 2.39. The summed E-state index contributed by atoms with van der Waals surface area (Å²) in [5, 5.41) is 10.1. The Labute approximate surface area is 92.4 Å². The minimum atomic E-state index is -0.129. The van der Waals surface area contributed by atoms with Crippen LogP contribution in [0.4, 0.5) is 0 Å². The first-order chi connectivity index (χ1) is 7.11. The van der Waals surface area contributed by atoms with E-state index in [2.05, 4.69) is 18.7 Å². The maximum Gasteiger partial charge on any atom is 0.0695 e. The molecule has 88 valence electrons. The second-order valence-corrected chi connectivity index (χ2v) is 5.48. The number of nitrogens with zero attached hydrogens (tertiary/aromatic N) is 1. The molecule has 1 aliphatic heterocycles. The number of aliphatic hydroxyl groups is 1. The maximum absolute atomic E-state index is 10.1. The third kappa shape index (κ3) is 2.35. The fraction of sp³-hybridized carbons (Fsp3) is 1.00. The molecule has 0 aromatic rings. The molecule has 2 rings (SSSR count). The van der Waals surface area contributed by atoms with Crippen LogP contribution in [0.25, 0.3) is 0 Å². The zero-order valence-electron chi connectivity index (χ0n) is 9.91. The van der Waals surface area contributed by atoms with E-state index in [9.17, 15) is 5.11 Å². The third-order valence-electron chi connectivity index (χ3n) is 3.80. The van der Waals surface area contributed by atoms with Crippen molar-refractivity contribution in [2.45, 2.75) is 57.2 Å². The summed E-state index contributed by atoms with van der Waals surface area (Å²) in [5.74, 6) is 0. The van der Waals surface area contributed by atoms with Gasteiger partial charge >= 0.3 is 0 Å². The highest BCUT2D eigenvalue weighted by Crippen LogP contribution is 2.30. The van der Waals surface area contributed by atoms with E-state index in [1.54, 1.807) is 0 Å². The number of hydrogen-bond donors (Lipinski definition) is 1. The van der Waals surface area contributed by atoms with E-state index in [0.29, 0.717) is 6.04 Å². The number of hydrogen-bond acceptors (Lipinski definition) is 3. The van der Waals surface area contributed by atoms with Crippen LogP contribution in [0.3, 0.4) is 0 Å². The Morgan fingerprint density at radius 1 is 1.27 bits per heavy atom. The Kier molecular flexibility index (Phi) is 3.33.